The van der Waals surface area contributed by atoms with Crippen molar-refractivity contribution < 1.29 is 9.59 Å². The molecule has 1 aliphatic rings. The van der Waals surface area contributed by atoms with Crippen molar-refractivity contribution >= 4 is 40.0 Å². The van der Waals surface area contributed by atoms with Gasteiger partial charge in [-0.05, 0) is 31.3 Å². The summed E-state index contributed by atoms with van der Waals surface area (Å²) < 4.78 is 5.07. The van der Waals surface area contributed by atoms with Crippen LogP contribution in [0.2, 0.25) is 0 Å². The van der Waals surface area contributed by atoms with E-state index in [-0.39, 0.29) is 17.5 Å². The number of aryl methyl sites for hydroxylation is 3. The van der Waals surface area contributed by atoms with Gasteiger partial charge in [-0.3, -0.25) is 9.59 Å². The molecular formula is C27H31N11O2. The number of likely N-dealkylation sites (N-methyl/N-ethyl adjacent to an activating group) is 1. The van der Waals surface area contributed by atoms with Crippen molar-refractivity contribution in [2.75, 3.05) is 48.8 Å². The highest BCUT2D eigenvalue weighted by Gasteiger charge is 2.20. The third-order valence-electron chi connectivity index (χ3n) is 7.18. The normalized spacial score (nSPS) is 14.2. The van der Waals surface area contributed by atoms with Crippen LogP contribution in [0.4, 0.5) is 17.2 Å². The molecule has 1 aliphatic heterocycles. The predicted molar refractivity (Wildman–Crippen MR) is 153 cm³/mol. The summed E-state index contributed by atoms with van der Waals surface area (Å²) in [6, 6.07) is 8.17. The topological polar surface area (TPSA) is 134 Å². The first kappa shape index (κ1) is 25.4. The third kappa shape index (κ3) is 4.82. The Morgan fingerprint density at radius 1 is 0.850 bits per heavy atom. The molecule has 2 amide bonds. The molecule has 0 aliphatic carbocycles. The molecule has 5 aromatic rings. The van der Waals surface area contributed by atoms with E-state index in [2.05, 4.69) is 54.6 Å². The number of aromatic amines is 1. The third-order valence-corrected chi connectivity index (χ3v) is 7.18. The van der Waals surface area contributed by atoms with Crippen molar-refractivity contribution in [3.8, 4) is 11.5 Å². The monoisotopic (exact) mass is 541 g/mol. The molecule has 6 rings (SSSR count). The number of amides is 2. The van der Waals surface area contributed by atoms with Gasteiger partial charge in [0.1, 0.15) is 0 Å². The first-order valence-electron chi connectivity index (χ1n) is 13.0. The molecule has 0 unspecified atom stereocenters. The molecule has 13 nitrogen and oxygen atoms in total. The first-order valence-corrected chi connectivity index (χ1v) is 13.0. The molecule has 0 atom stereocenters. The Labute approximate surface area is 230 Å². The summed E-state index contributed by atoms with van der Waals surface area (Å²) in [5.41, 5.74) is 4.46. The Bertz CT molecular complexity index is 1720. The number of piperazine rings is 1. The average molecular weight is 542 g/mol. The minimum atomic E-state index is -0.410. The molecule has 1 saturated heterocycles. The highest BCUT2D eigenvalue weighted by atomic mass is 16.2. The number of imidazole rings is 3. The van der Waals surface area contributed by atoms with Gasteiger partial charge in [-0.25, -0.2) is 15.0 Å². The second-order valence-corrected chi connectivity index (χ2v) is 10.1. The van der Waals surface area contributed by atoms with Crippen LogP contribution in [0.3, 0.4) is 0 Å². The van der Waals surface area contributed by atoms with E-state index in [4.69, 9.17) is 4.98 Å². The molecule has 0 bridgehead atoms. The fourth-order valence-electron chi connectivity index (χ4n) is 4.93. The average Bonchev–Trinajstić information content (AvgIpc) is 3.70. The van der Waals surface area contributed by atoms with E-state index in [1.807, 2.05) is 29.9 Å². The Morgan fingerprint density at radius 2 is 1.62 bits per heavy atom. The smallest absolute Gasteiger partial charge is 0.292 e. The van der Waals surface area contributed by atoms with Crippen LogP contribution in [0, 0.1) is 0 Å². The van der Waals surface area contributed by atoms with E-state index >= 15 is 0 Å². The van der Waals surface area contributed by atoms with Crippen LogP contribution in [0.25, 0.3) is 22.6 Å². The number of rotatable bonds is 6. The van der Waals surface area contributed by atoms with Gasteiger partial charge >= 0.3 is 0 Å². The number of nitrogens with one attached hydrogen (secondary N) is 3. The van der Waals surface area contributed by atoms with E-state index < -0.39 is 11.8 Å². The lowest BCUT2D eigenvalue weighted by molar-refractivity contribution is 0.0999. The maximum Gasteiger partial charge on any atom is 0.292 e. The summed E-state index contributed by atoms with van der Waals surface area (Å²) in [6.07, 6.45) is 6.62. The molecule has 0 radical (unpaired) electrons. The standard InChI is InChI=1S/C27H31N11O2/c1-34-9-11-38(12-10-34)18-5-6-19-20(14-18)31-23(30-19)21-13-17(15-36(21)3)29-27(40)25-32-22(16-37(25)4)33-26(39)24-28-7-8-35(24)2/h5-8,13-16H,9-12H2,1-4H3,(H,29,40)(H,30,31)(H,33,39). The van der Waals surface area contributed by atoms with E-state index in [1.54, 1.807) is 35.6 Å². The summed E-state index contributed by atoms with van der Waals surface area (Å²) in [5, 5.41) is 5.58. The van der Waals surface area contributed by atoms with Gasteiger partial charge in [0.25, 0.3) is 11.8 Å². The predicted octanol–water partition coefficient (Wildman–Crippen LogP) is 2.29. The van der Waals surface area contributed by atoms with Gasteiger partial charge in [0, 0.05) is 77.8 Å². The Balaban J connectivity index is 1.17. The lowest BCUT2D eigenvalue weighted by Gasteiger charge is -2.34. The van der Waals surface area contributed by atoms with Gasteiger partial charge in [-0.15, -0.1) is 0 Å². The van der Waals surface area contributed by atoms with Crippen molar-refractivity contribution in [1.29, 1.82) is 0 Å². The zero-order chi connectivity index (χ0) is 28.0. The molecular weight excluding hydrogens is 510 g/mol. The zero-order valence-electron chi connectivity index (χ0n) is 22.8. The molecule has 3 N–H and O–H groups in total. The number of hydrogen-bond acceptors (Lipinski definition) is 7. The number of aromatic nitrogens is 7. The number of hydrogen-bond donors (Lipinski definition) is 3. The van der Waals surface area contributed by atoms with Crippen LogP contribution in [0.1, 0.15) is 21.2 Å². The number of carbonyl (C=O) groups excluding carboxylic acids is 2. The molecule has 40 heavy (non-hydrogen) atoms. The van der Waals surface area contributed by atoms with Gasteiger partial charge in [-0.1, -0.05) is 0 Å². The number of fused-ring (bicyclic) bond motifs is 1. The van der Waals surface area contributed by atoms with Crippen molar-refractivity contribution in [2.45, 2.75) is 0 Å². The van der Waals surface area contributed by atoms with Gasteiger partial charge in [0.05, 0.1) is 22.4 Å². The van der Waals surface area contributed by atoms with Crippen LogP contribution >= 0.6 is 0 Å². The van der Waals surface area contributed by atoms with Gasteiger partial charge < -0.3 is 39.1 Å². The number of benzene rings is 1. The van der Waals surface area contributed by atoms with Gasteiger partial charge in [-0.2, -0.15) is 0 Å². The van der Waals surface area contributed by atoms with Crippen molar-refractivity contribution in [1.82, 2.24) is 38.5 Å². The first-order chi connectivity index (χ1) is 19.2. The van der Waals surface area contributed by atoms with Crippen LogP contribution in [0.15, 0.2) is 49.1 Å². The molecule has 13 heteroatoms. The molecule has 0 saturated carbocycles. The number of H-pyrrole nitrogens is 1. The Kier molecular flexibility index (Phi) is 6.34. The van der Waals surface area contributed by atoms with Crippen LogP contribution in [-0.4, -0.2) is 83.6 Å². The summed E-state index contributed by atoms with van der Waals surface area (Å²) >= 11 is 0. The van der Waals surface area contributed by atoms with E-state index in [9.17, 15) is 9.59 Å². The summed E-state index contributed by atoms with van der Waals surface area (Å²) in [7, 11) is 7.47. The van der Waals surface area contributed by atoms with Crippen LogP contribution in [0.5, 0.6) is 0 Å². The molecule has 5 heterocycles. The lowest BCUT2D eigenvalue weighted by Crippen LogP contribution is -2.44. The van der Waals surface area contributed by atoms with Crippen molar-refractivity contribution in [2.24, 2.45) is 21.1 Å². The molecule has 206 valence electrons. The van der Waals surface area contributed by atoms with E-state index in [0.717, 1.165) is 42.9 Å². The summed E-state index contributed by atoms with van der Waals surface area (Å²) in [5.74, 6) is 0.554. The fourth-order valence-corrected chi connectivity index (χ4v) is 4.93. The minimum absolute atomic E-state index is 0.153. The maximum absolute atomic E-state index is 13.1. The highest BCUT2D eigenvalue weighted by Crippen LogP contribution is 2.27. The van der Waals surface area contributed by atoms with Crippen molar-refractivity contribution in [3.63, 3.8) is 0 Å². The number of nitrogens with zero attached hydrogens (tertiary/aromatic N) is 8. The van der Waals surface area contributed by atoms with Gasteiger partial charge in [0.2, 0.25) is 5.82 Å². The number of carbonyl (C=O) groups is 2. The Morgan fingerprint density at radius 3 is 2.38 bits per heavy atom. The molecule has 1 fully saturated rings. The van der Waals surface area contributed by atoms with E-state index in [0.29, 0.717) is 11.5 Å². The molecule has 0 spiro atoms. The van der Waals surface area contributed by atoms with Crippen molar-refractivity contribution in [3.05, 3.63) is 60.7 Å². The quantitative estimate of drug-likeness (QED) is 0.300. The molecule has 1 aromatic carbocycles. The SMILES string of the molecule is CN1CCN(c2ccc3nc(-c4cc(NC(=O)c5nc(NC(=O)c6nccn6C)cn5C)cn4C)[nH]c3c2)CC1. The highest BCUT2D eigenvalue weighted by molar-refractivity contribution is 6.04. The molecule has 4 aromatic heterocycles. The minimum Gasteiger partial charge on any atom is -0.369 e. The van der Waals surface area contributed by atoms with E-state index in [1.165, 1.54) is 11.9 Å². The summed E-state index contributed by atoms with van der Waals surface area (Å²) in [4.78, 5) is 46.8. The summed E-state index contributed by atoms with van der Waals surface area (Å²) in [6.45, 7) is 4.09. The van der Waals surface area contributed by atoms with Crippen LogP contribution < -0.4 is 15.5 Å². The lowest BCUT2D eigenvalue weighted by atomic mass is 10.2. The largest absolute Gasteiger partial charge is 0.369 e. The van der Waals surface area contributed by atoms with Gasteiger partial charge in [0.15, 0.2) is 17.5 Å². The maximum atomic E-state index is 13.1. The number of anilines is 3. The second kappa shape index (κ2) is 10.0. The Hall–Kier alpha value is -4.91. The van der Waals surface area contributed by atoms with Crippen LogP contribution in [-0.2, 0) is 21.1 Å². The fraction of sp³-hybridized carbons (Fsp3) is 0.296. The second-order valence-electron chi connectivity index (χ2n) is 10.1. The zero-order valence-corrected chi connectivity index (χ0v) is 22.8.